The summed E-state index contributed by atoms with van der Waals surface area (Å²) in [5.41, 5.74) is 5.68. The lowest BCUT2D eigenvalue weighted by atomic mass is 9.84. The molecule has 0 fully saturated rings. The third-order valence-corrected chi connectivity index (χ3v) is 7.31. The summed E-state index contributed by atoms with van der Waals surface area (Å²) in [6.45, 7) is 2.04. The maximum atomic E-state index is 6.48. The first-order valence-electron chi connectivity index (χ1n) is 13.2. The van der Waals surface area contributed by atoms with Crippen LogP contribution in [0.5, 0.6) is 17.5 Å². The summed E-state index contributed by atoms with van der Waals surface area (Å²) in [7, 11) is 1.66. The minimum absolute atomic E-state index is 0.0821. The average Bonchev–Trinajstić information content (AvgIpc) is 3.59. The molecule has 3 aromatic carbocycles. The van der Waals surface area contributed by atoms with Gasteiger partial charge in [0.1, 0.15) is 12.1 Å². The van der Waals surface area contributed by atoms with E-state index in [9.17, 15) is 0 Å². The lowest BCUT2D eigenvalue weighted by Crippen LogP contribution is -2.16. The number of fused-ring (bicyclic) bond motifs is 4. The van der Waals surface area contributed by atoms with Gasteiger partial charge in [-0.2, -0.15) is 5.10 Å². The highest BCUT2D eigenvalue weighted by Crippen LogP contribution is 2.51. The molecule has 0 saturated heterocycles. The van der Waals surface area contributed by atoms with E-state index in [-0.39, 0.29) is 12.5 Å². The second-order valence-electron chi connectivity index (χ2n) is 9.65. The summed E-state index contributed by atoms with van der Waals surface area (Å²) >= 11 is 6.16. The van der Waals surface area contributed by atoms with Crippen molar-refractivity contribution in [3.05, 3.63) is 124 Å². The Morgan fingerprint density at radius 2 is 1.76 bits per heavy atom. The molecular formula is C31H24ClN7O3. The second kappa shape index (κ2) is 10.6. The predicted octanol–water partition coefficient (Wildman–Crippen LogP) is 6.12. The number of methoxy groups -OCH3 is 1. The Bertz CT molecular complexity index is 1930. The van der Waals surface area contributed by atoms with Crippen molar-refractivity contribution in [2.24, 2.45) is 5.16 Å². The van der Waals surface area contributed by atoms with Gasteiger partial charge in [-0.25, -0.2) is 19.2 Å². The van der Waals surface area contributed by atoms with Crippen LogP contribution in [0.25, 0.3) is 11.3 Å². The first-order valence-corrected chi connectivity index (χ1v) is 13.6. The zero-order valence-electron chi connectivity index (χ0n) is 22.7. The van der Waals surface area contributed by atoms with Crippen molar-refractivity contribution in [3.63, 3.8) is 0 Å². The van der Waals surface area contributed by atoms with Crippen LogP contribution in [-0.2, 0) is 11.4 Å². The fraction of sp³-hybridized carbons (Fsp3) is 0.129. The van der Waals surface area contributed by atoms with Crippen LogP contribution in [-0.4, -0.2) is 42.7 Å². The van der Waals surface area contributed by atoms with E-state index in [2.05, 4.69) is 15.2 Å². The molecule has 0 radical (unpaired) electrons. The highest BCUT2D eigenvalue weighted by molar-refractivity contribution is 6.30. The maximum absolute atomic E-state index is 6.48. The highest BCUT2D eigenvalue weighted by Gasteiger charge is 2.39. The van der Waals surface area contributed by atoms with Crippen molar-refractivity contribution in [1.82, 2.24) is 29.4 Å². The first kappa shape index (κ1) is 25.7. The van der Waals surface area contributed by atoms with Crippen molar-refractivity contribution < 1.29 is 14.3 Å². The van der Waals surface area contributed by atoms with Crippen molar-refractivity contribution in [3.8, 4) is 23.2 Å². The summed E-state index contributed by atoms with van der Waals surface area (Å²) in [6, 6.07) is 25.0. The molecule has 0 bridgehead atoms. The molecule has 7 rings (SSSR count). The Morgan fingerprint density at radius 1 is 0.976 bits per heavy atom. The van der Waals surface area contributed by atoms with E-state index < -0.39 is 0 Å². The molecule has 3 aromatic heterocycles. The molecule has 0 aliphatic carbocycles. The fourth-order valence-electron chi connectivity index (χ4n) is 5.19. The van der Waals surface area contributed by atoms with Crippen LogP contribution in [0, 0.1) is 6.92 Å². The summed E-state index contributed by atoms with van der Waals surface area (Å²) in [4.78, 5) is 15.0. The van der Waals surface area contributed by atoms with E-state index in [4.69, 9.17) is 36.0 Å². The first-order chi connectivity index (χ1) is 20.6. The van der Waals surface area contributed by atoms with E-state index in [1.165, 1.54) is 0 Å². The number of aromatic nitrogens is 6. The molecule has 1 aliphatic heterocycles. The fourth-order valence-corrected chi connectivity index (χ4v) is 5.32. The van der Waals surface area contributed by atoms with Crippen molar-refractivity contribution >= 4 is 23.5 Å². The van der Waals surface area contributed by atoms with Gasteiger partial charge in [0.05, 0.1) is 41.8 Å². The van der Waals surface area contributed by atoms with Gasteiger partial charge in [0, 0.05) is 10.6 Å². The smallest absolute Gasteiger partial charge is 0.230 e. The standard InChI is InChI=1S/C31H24ClN7O3/c1-19-26-27(23-10-6-7-11-24(23)40-2)28-29-35-25(17-41-34-16-20-8-4-3-5-9-20)37-38(29)18-33-30(28)42-31(26)39(36-19)22-14-12-21(32)13-15-22/h3-16,18,27H,17H2,1-2H3/b34-16+. The zero-order valence-corrected chi connectivity index (χ0v) is 23.4. The molecule has 4 heterocycles. The van der Waals surface area contributed by atoms with Gasteiger partial charge in [0.15, 0.2) is 18.1 Å². The molecule has 42 heavy (non-hydrogen) atoms. The van der Waals surface area contributed by atoms with Gasteiger partial charge in [-0.1, -0.05) is 65.3 Å². The number of hydrogen-bond acceptors (Lipinski definition) is 8. The van der Waals surface area contributed by atoms with Gasteiger partial charge in [-0.3, -0.25) is 0 Å². The van der Waals surface area contributed by atoms with Gasteiger partial charge in [-0.15, -0.1) is 5.10 Å². The van der Waals surface area contributed by atoms with Gasteiger partial charge in [0.25, 0.3) is 0 Å². The highest BCUT2D eigenvalue weighted by atomic mass is 35.5. The SMILES string of the molecule is COc1ccccc1C1c2c(C)nn(-c3ccc(Cl)cc3)c2Oc2ncn3nc(CO/N=C/c4ccccc4)nc3c21. The van der Waals surface area contributed by atoms with E-state index in [1.54, 1.807) is 28.8 Å². The summed E-state index contributed by atoms with van der Waals surface area (Å²) in [5.74, 6) is 1.79. The largest absolute Gasteiger partial charge is 0.496 e. The van der Waals surface area contributed by atoms with Gasteiger partial charge >= 0.3 is 0 Å². The van der Waals surface area contributed by atoms with E-state index in [1.807, 2.05) is 85.8 Å². The Balaban J connectivity index is 1.34. The Morgan fingerprint density at radius 3 is 2.57 bits per heavy atom. The maximum Gasteiger partial charge on any atom is 0.230 e. The van der Waals surface area contributed by atoms with E-state index in [0.29, 0.717) is 28.3 Å². The molecular weight excluding hydrogens is 554 g/mol. The van der Waals surface area contributed by atoms with Crippen molar-refractivity contribution in [2.45, 2.75) is 19.4 Å². The molecule has 0 N–H and O–H groups in total. The van der Waals surface area contributed by atoms with Crippen molar-refractivity contribution in [2.75, 3.05) is 7.11 Å². The summed E-state index contributed by atoms with van der Waals surface area (Å²) in [5, 5.41) is 14.2. The number of nitrogens with zero attached hydrogens (tertiary/aromatic N) is 7. The number of ether oxygens (including phenoxy) is 2. The third-order valence-electron chi connectivity index (χ3n) is 7.05. The van der Waals surface area contributed by atoms with Crippen molar-refractivity contribution in [1.29, 1.82) is 0 Å². The number of hydrogen-bond donors (Lipinski definition) is 0. The molecule has 0 saturated carbocycles. The molecule has 10 nitrogen and oxygen atoms in total. The van der Waals surface area contributed by atoms with Crippen LogP contribution in [0.2, 0.25) is 5.02 Å². The quantitative estimate of drug-likeness (QED) is 0.166. The Hall–Kier alpha value is -5.22. The lowest BCUT2D eigenvalue weighted by molar-refractivity contribution is 0.126. The summed E-state index contributed by atoms with van der Waals surface area (Å²) < 4.78 is 15.7. The van der Waals surface area contributed by atoms with Gasteiger partial charge in [0.2, 0.25) is 11.8 Å². The summed E-state index contributed by atoms with van der Waals surface area (Å²) in [6.07, 6.45) is 3.23. The monoisotopic (exact) mass is 577 g/mol. The molecule has 208 valence electrons. The van der Waals surface area contributed by atoms with Crippen LogP contribution in [0.15, 0.2) is 90.3 Å². The minimum atomic E-state index is -0.355. The molecule has 11 heteroatoms. The molecule has 0 amide bonds. The van der Waals surface area contributed by atoms with Crippen LogP contribution in [0.3, 0.4) is 0 Å². The Kier molecular flexibility index (Phi) is 6.52. The van der Waals surface area contributed by atoms with Crippen LogP contribution >= 0.6 is 11.6 Å². The number of aryl methyl sites for hydroxylation is 1. The second-order valence-corrected chi connectivity index (χ2v) is 10.1. The molecule has 1 aliphatic rings. The number of benzene rings is 3. The number of rotatable bonds is 7. The van der Waals surface area contributed by atoms with Gasteiger partial charge in [-0.05, 0) is 42.8 Å². The van der Waals surface area contributed by atoms with Crippen LogP contribution in [0.4, 0.5) is 0 Å². The molecule has 1 atom stereocenters. The predicted molar refractivity (Wildman–Crippen MR) is 157 cm³/mol. The van der Waals surface area contributed by atoms with E-state index in [0.717, 1.165) is 39.4 Å². The number of para-hydroxylation sites is 1. The molecule has 6 aromatic rings. The topological polar surface area (TPSA) is 101 Å². The van der Waals surface area contributed by atoms with E-state index >= 15 is 0 Å². The van der Waals surface area contributed by atoms with Crippen LogP contribution in [0.1, 0.15) is 39.7 Å². The number of halogens is 1. The van der Waals surface area contributed by atoms with Crippen LogP contribution < -0.4 is 9.47 Å². The molecule has 1 unspecified atom stereocenters. The average molecular weight is 578 g/mol. The normalized spacial score (nSPS) is 14.0. The third kappa shape index (κ3) is 4.51. The minimum Gasteiger partial charge on any atom is -0.496 e. The Labute approximate surface area is 245 Å². The zero-order chi connectivity index (χ0) is 28.6. The molecule has 0 spiro atoms. The lowest BCUT2D eigenvalue weighted by Gasteiger charge is -2.27. The van der Waals surface area contributed by atoms with Gasteiger partial charge < -0.3 is 14.3 Å². The number of oxime groups is 1.